The topological polar surface area (TPSA) is 54.9 Å². The first-order valence-corrected chi connectivity index (χ1v) is 10.8. The van der Waals surface area contributed by atoms with Crippen LogP contribution in [0.1, 0.15) is 44.5 Å². The van der Waals surface area contributed by atoms with Crippen LogP contribution in [0.25, 0.3) is 10.6 Å². The smallest absolute Gasteiger partial charge is 0.351 e. The number of thiazole rings is 2. The Labute approximate surface area is 174 Å². The number of alkyl halides is 3. The molecule has 0 fully saturated rings. The summed E-state index contributed by atoms with van der Waals surface area (Å²) in [7, 11) is 0. The Kier molecular flexibility index (Phi) is 6.69. The summed E-state index contributed by atoms with van der Waals surface area (Å²) in [5.41, 5.74) is 1.45. The van der Waals surface area contributed by atoms with Crippen molar-refractivity contribution in [1.82, 2.24) is 15.3 Å². The predicted molar refractivity (Wildman–Crippen MR) is 109 cm³/mol. The second-order valence-electron chi connectivity index (χ2n) is 6.60. The van der Waals surface area contributed by atoms with Gasteiger partial charge in [-0.05, 0) is 45.2 Å². The van der Waals surface area contributed by atoms with Gasteiger partial charge in [0.15, 0.2) is 0 Å². The molecule has 154 valence electrons. The van der Waals surface area contributed by atoms with E-state index in [4.69, 9.17) is 0 Å². The maximum atomic E-state index is 12.7. The van der Waals surface area contributed by atoms with Crippen LogP contribution >= 0.6 is 22.7 Å². The lowest BCUT2D eigenvalue weighted by Gasteiger charge is -2.06. The van der Waals surface area contributed by atoms with Crippen molar-refractivity contribution < 1.29 is 18.0 Å². The fourth-order valence-corrected chi connectivity index (χ4v) is 4.54. The molecule has 0 bridgehead atoms. The van der Waals surface area contributed by atoms with Gasteiger partial charge in [0.2, 0.25) is 0 Å². The van der Waals surface area contributed by atoms with Crippen LogP contribution in [0, 0.1) is 13.8 Å². The van der Waals surface area contributed by atoms with Crippen molar-refractivity contribution in [2.24, 2.45) is 0 Å². The van der Waals surface area contributed by atoms with Crippen molar-refractivity contribution in [3.05, 3.63) is 56.5 Å². The number of aryl methyl sites for hydroxylation is 3. The van der Waals surface area contributed by atoms with Crippen molar-refractivity contribution in [2.45, 2.75) is 39.3 Å². The van der Waals surface area contributed by atoms with Crippen molar-refractivity contribution in [3.8, 4) is 10.6 Å². The number of rotatable bonds is 7. The zero-order chi connectivity index (χ0) is 21.0. The van der Waals surface area contributed by atoms with Gasteiger partial charge < -0.3 is 5.32 Å². The van der Waals surface area contributed by atoms with Crippen LogP contribution in [0.4, 0.5) is 13.2 Å². The lowest BCUT2D eigenvalue weighted by Crippen LogP contribution is -2.24. The Balaban J connectivity index is 1.54. The predicted octanol–water partition coefficient (Wildman–Crippen LogP) is 5.65. The Hall–Kier alpha value is -2.26. The quantitative estimate of drug-likeness (QED) is 0.484. The summed E-state index contributed by atoms with van der Waals surface area (Å²) in [5, 5.41) is 6.55. The third-order valence-corrected chi connectivity index (χ3v) is 6.46. The number of hydrogen-bond donors (Lipinski definition) is 1. The van der Waals surface area contributed by atoms with Gasteiger partial charge in [-0.1, -0.05) is 12.1 Å². The van der Waals surface area contributed by atoms with E-state index in [1.54, 1.807) is 18.3 Å². The minimum Gasteiger partial charge on any atom is -0.351 e. The Morgan fingerprint density at radius 2 is 1.83 bits per heavy atom. The van der Waals surface area contributed by atoms with Crippen LogP contribution < -0.4 is 5.32 Å². The second kappa shape index (κ2) is 9.04. The summed E-state index contributed by atoms with van der Waals surface area (Å²) in [6.07, 6.45) is -1.70. The molecule has 0 saturated heterocycles. The second-order valence-corrected chi connectivity index (χ2v) is 8.55. The number of nitrogens with zero attached hydrogens (tertiary/aromatic N) is 2. The van der Waals surface area contributed by atoms with E-state index in [0.29, 0.717) is 27.7 Å². The molecule has 0 aliphatic rings. The van der Waals surface area contributed by atoms with Gasteiger partial charge in [-0.3, -0.25) is 4.79 Å². The molecule has 2 heterocycles. The number of amides is 1. The van der Waals surface area contributed by atoms with E-state index in [-0.39, 0.29) is 5.91 Å². The standard InChI is InChI=1S/C20H20F3N3OS2/c1-12-11-28-16(25-12)5-3-4-10-24-18(27)17-13(2)26-19(29-17)14-6-8-15(9-7-14)20(21,22)23/h6-9,11H,3-5,10H2,1-2H3,(H,24,27). The number of aromatic nitrogens is 2. The zero-order valence-electron chi connectivity index (χ0n) is 16.0. The molecule has 1 N–H and O–H groups in total. The highest BCUT2D eigenvalue weighted by molar-refractivity contribution is 7.17. The Morgan fingerprint density at radius 3 is 2.45 bits per heavy atom. The van der Waals surface area contributed by atoms with Gasteiger partial charge in [-0.25, -0.2) is 9.97 Å². The average molecular weight is 440 g/mol. The van der Waals surface area contributed by atoms with E-state index in [1.165, 1.54) is 23.5 Å². The first-order chi connectivity index (χ1) is 13.7. The van der Waals surface area contributed by atoms with Gasteiger partial charge in [0, 0.05) is 23.2 Å². The van der Waals surface area contributed by atoms with E-state index in [9.17, 15) is 18.0 Å². The maximum Gasteiger partial charge on any atom is 0.416 e. The summed E-state index contributed by atoms with van der Waals surface area (Å²) in [6.45, 7) is 4.25. The third-order valence-electron chi connectivity index (χ3n) is 4.23. The van der Waals surface area contributed by atoms with Gasteiger partial charge in [-0.15, -0.1) is 22.7 Å². The fraction of sp³-hybridized carbons (Fsp3) is 0.350. The number of benzene rings is 1. The zero-order valence-corrected chi connectivity index (χ0v) is 17.6. The Bertz CT molecular complexity index is 978. The largest absolute Gasteiger partial charge is 0.416 e. The molecule has 0 spiro atoms. The summed E-state index contributed by atoms with van der Waals surface area (Å²) in [5.74, 6) is -0.205. The van der Waals surface area contributed by atoms with E-state index < -0.39 is 11.7 Å². The molecule has 9 heteroatoms. The number of nitrogens with one attached hydrogen (secondary N) is 1. The fourth-order valence-electron chi connectivity index (χ4n) is 2.73. The van der Waals surface area contributed by atoms with E-state index >= 15 is 0 Å². The van der Waals surface area contributed by atoms with Crippen LogP contribution in [0.15, 0.2) is 29.6 Å². The van der Waals surface area contributed by atoms with E-state index in [2.05, 4.69) is 15.3 Å². The highest BCUT2D eigenvalue weighted by Crippen LogP contribution is 2.33. The number of carbonyl (C=O) groups is 1. The Morgan fingerprint density at radius 1 is 1.10 bits per heavy atom. The number of halogens is 3. The van der Waals surface area contributed by atoms with Gasteiger partial charge in [0.25, 0.3) is 5.91 Å². The van der Waals surface area contributed by atoms with Crippen molar-refractivity contribution in [1.29, 1.82) is 0 Å². The molecule has 29 heavy (non-hydrogen) atoms. The lowest BCUT2D eigenvalue weighted by molar-refractivity contribution is -0.137. The lowest BCUT2D eigenvalue weighted by atomic mass is 10.1. The van der Waals surface area contributed by atoms with Crippen molar-refractivity contribution in [2.75, 3.05) is 6.54 Å². The summed E-state index contributed by atoms with van der Waals surface area (Å²) < 4.78 is 38.1. The molecular weight excluding hydrogens is 419 g/mol. The molecule has 0 atom stereocenters. The molecule has 1 aromatic carbocycles. The summed E-state index contributed by atoms with van der Waals surface area (Å²) in [6, 6.07) is 4.80. The minimum atomic E-state index is -4.37. The van der Waals surface area contributed by atoms with Crippen molar-refractivity contribution in [3.63, 3.8) is 0 Å². The summed E-state index contributed by atoms with van der Waals surface area (Å²) >= 11 is 2.83. The molecule has 2 aromatic heterocycles. The molecule has 0 aliphatic heterocycles. The summed E-state index contributed by atoms with van der Waals surface area (Å²) in [4.78, 5) is 21.7. The van der Waals surface area contributed by atoms with E-state index in [0.717, 1.165) is 42.1 Å². The highest BCUT2D eigenvalue weighted by atomic mass is 32.1. The van der Waals surface area contributed by atoms with Gasteiger partial charge in [0.05, 0.1) is 16.3 Å². The molecule has 4 nitrogen and oxygen atoms in total. The van der Waals surface area contributed by atoms with Gasteiger partial charge in [0.1, 0.15) is 9.88 Å². The number of carbonyl (C=O) groups excluding carboxylic acids is 1. The molecule has 0 aliphatic carbocycles. The number of unbranched alkanes of at least 4 members (excludes halogenated alkanes) is 1. The SMILES string of the molecule is Cc1csc(CCCCNC(=O)c2sc(-c3ccc(C(F)(F)F)cc3)nc2C)n1. The highest BCUT2D eigenvalue weighted by Gasteiger charge is 2.30. The van der Waals surface area contributed by atoms with Crippen LogP contribution in [-0.2, 0) is 12.6 Å². The molecular formula is C20H20F3N3OS2. The molecule has 3 rings (SSSR count). The molecule has 0 saturated carbocycles. The molecule has 0 unspecified atom stereocenters. The van der Waals surface area contributed by atoms with Crippen LogP contribution in [0.2, 0.25) is 0 Å². The molecule has 0 radical (unpaired) electrons. The van der Waals surface area contributed by atoms with Crippen LogP contribution in [0.3, 0.4) is 0 Å². The maximum absolute atomic E-state index is 12.7. The molecule has 1 amide bonds. The van der Waals surface area contributed by atoms with E-state index in [1.807, 2.05) is 12.3 Å². The van der Waals surface area contributed by atoms with Gasteiger partial charge in [-0.2, -0.15) is 13.2 Å². The average Bonchev–Trinajstić information content (AvgIpc) is 3.26. The van der Waals surface area contributed by atoms with Crippen LogP contribution in [-0.4, -0.2) is 22.4 Å². The monoisotopic (exact) mass is 439 g/mol. The normalized spacial score (nSPS) is 11.6. The first-order valence-electron chi connectivity index (χ1n) is 9.08. The van der Waals surface area contributed by atoms with Gasteiger partial charge >= 0.3 is 6.18 Å². The first kappa shape index (κ1) is 21.4. The van der Waals surface area contributed by atoms with Crippen molar-refractivity contribution >= 4 is 28.6 Å². The van der Waals surface area contributed by atoms with Crippen LogP contribution in [0.5, 0.6) is 0 Å². The third kappa shape index (κ3) is 5.63. The minimum absolute atomic E-state index is 0.205. The number of hydrogen-bond acceptors (Lipinski definition) is 5. The molecule has 3 aromatic rings.